The van der Waals surface area contributed by atoms with Gasteiger partial charge in [0, 0.05) is 6.42 Å². The van der Waals surface area contributed by atoms with E-state index in [0.717, 1.165) is 38.5 Å². The van der Waals surface area contributed by atoms with E-state index in [9.17, 15) is 20.1 Å². The second kappa shape index (κ2) is 12.3. The molecule has 0 aromatic heterocycles. The van der Waals surface area contributed by atoms with Crippen LogP contribution in [0.2, 0.25) is 0 Å². The molecule has 1 fully saturated rings. The minimum absolute atomic E-state index is 0.0282. The number of Topliss-reactive ketones (excluding diaryl/α,β-unsaturated/α-hetero) is 1. The van der Waals surface area contributed by atoms with E-state index in [0.29, 0.717) is 19.3 Å². The highest BCUT2D eigenvalue weighted by Crippen LogP contribution is 2.38. The van der Waals surface area contributed by atoms with Crippen LogP contribution in [0.25, 0.3) is 0 Å². The molecule has 1 saturated carbocycles. The van der Waals surface area contributed by atoms with Crippen molar-refractivity contribution >= 4 is 5.78 Å². The fourth-order valence-electron chi connectivity index (χ4n) is 4.48. The van der Waals surface area contributed by atoms with E-state index in [1.165, 1.54) is 11.1 Å². The monoisotopic (exact) mass is 402 g/mol. The van der Waals surface area contributed by atoms with Gasteiger partial charge in [-0.1, -0.05) is 42.0 Å². The van der Waals surface area contributed by atoms with Gasteiger partial charge >= 0.3 is 0 Å². The first-order valence-corrected chi connectivity index (χ1v) is 11.1. The lowest BCUT2D eigenvalue weighted by Crippen LogP contribution is -2.23. The quantitative estimate of drug-likeness (QED) is 0.363. The highest BCUT2D eigenvalue weighted by Gasteiger charge is 2.40. The SMILES string of the molecule is CC(=O)CCC/C=C\C[C@@H]1[C@@H](CC[C@@H](O)CCc2cccc(C)c2)[C@H](O)C[C@@H]1O. The number of ketones is 1. The summed E-state index contributed by atoms with van der Waals surface area (Å²) in [5.41, 5.74) is 2.48. The van der Waals surface area contributed by atoms with Crippen molar-refractivity contribution in [3.05, 3.63) is 47.5 Å². The molecule has 0 heterocycles. The van der Waals surface area contributed by atoms with Gasteiger partial charge in [-0.25, -0.2) is 0 Å². The van der Waals surface area contributed by atoms with Crippen molar-refractivity contribution in [1.29, 1.82) is 0 Å². The topological polar surface area (TPSA) is 77.8 Å². The maximum absolute atomic E-state index is 11.0. The zero-order chi connectivity index (χ0) is 21.2. The van der Waals surface area contributed by atoms with Gasteiger partial charge in [-0.3, -0.25) is 0 Å². The van der Waals surface area contributed by atoms with E-state index in [-0.39, 0.29) is 23.7 Å². The third-order valence-corrected chi connectivity index (χ3v) is 6.18. The number of aliphatic hydroxyl groups is 3. The lowest BCUT2D eigenvalue weighted by Gasteiger charge is -2.23. The standard InChI is InChI=1S/C25H38O4/c1-18-8-7-10-20(16-18)12-13-21(27)14-15-23-22(24(28)17-25(23)29)11-6-4-3-5-9-19(2)26/h4,6-8,10,16,21-25,27-29H,3,5,9,11-15,17H2,1-2H3/b6-4-/t21-,22+,23+,24-,25+/m0/s1. The summed E-state index contributed by atoms with van der Waals surface area (Å²) in [6.07, 6.45) is 9.24. The smallest absolute Gasteiger partial charge is 0.129 e. The maximum atomic E-state index is 11.0. The molecule has 1 aromatic rings. The first kappa shape index (κ1) is 23.8. The number of benzene rings is 1. The van der Waals surface area contributed by atoms with Gasteiger partial charge in [0.2, 0.25) is 0 Å². The molecule has 162 valence electrons. The Kier molecular flexibility index (Phi) is 10.1. The van der Waals surface area contributed by atoms with Crippen molar-refractivity contribution in [2.75, 3.05) is 0 Å². The predicted octanol–water partition coefficient (Wildman–Crippen LogP) is 4.13. The summed E-state index contributed by atoms with van der Waals surface area (Å²) in [6.45, 7) is 3.69. The van der Waals surface area contributed by atoms with Crippen LogP contribution in [0.3, 0.4) is 0 Å². The fraction of sp³-hybridized carbons (Fsp3) is 0.640. The summed E-state index contributed by atoms with van der Waals surface area (Å²) in [5.74, 6) is 0.285. The first-order chi connectivity index (χ1) is 13.9. The molecule has 0 spiro atoms. The maximum Gasteiger partial charge on any atom is 0.129 e. The Bertz CT molecular complexity index is 654. The number of carbonyl (C=O) groups excluding carboxylic acids is 1. The number of hydrogen-bond acceptors (Lipinski definition) is 4. The van der Waals surface area contributed by atoms with E-state index in [1.807, 2.05) is 6.07 Å². The van der Waals surface area contributed by atoms with Crippen LogP contribution in [-0.4, -0.2) is 39.4 Å². The van der Waals surface area contributed by atoms with Crippen LogP contribution < -0.4 is 0 Å². The molecule has 29 heavy (non-hydrogen) atoms. The Labute approximate surface area is 175 Å². The van der Waals surface area contributed by atoms with E-state index < -0.39 is 12.2 Å². The highest BCUT2D eigenvalue weighted by atomic mass is 16.3. The van der Waals surface area contributed by atoms with Gasteiger partial charge in [0.15, 0.2) is 0 Å². The zero-order valence-electron chi connectivity index (χ0n) is 18.0. The van der Waals surface area contributed by atoms with Crippen molar-refractivity contribution in [2.45, 2.75) is 89.9 Å². The van der Waals surface area contributed by atoms with Gasteiger partial charge in [0.1, 0.15) is 5.78 Å². The van der Waals surface area contributed by atoms with Crippen molar-refractivity contribution in [3.8, 4) is 0 Å². The molecule has 1 aliphatic carbocycles. The molecule has 1 aromatic carbocycles. The summed E-state index contributed by atoms with van der Waals surface area (Å²) in [5, 5.41) is 31.1. The van der Waals surface area contributed by atoms with Crippen LogP contribution in [0, 0.1) is 18.8 Å². The molecule has 0 aliphatic heterocycles. The van der Waals surface area contributed by atoms with Crippen LogP contribution in [0.1, 0.15) is 69.4 Å². The molecule has 0 unspecified atom stereocenters. The molecular weight excluding hydrogens is 364 g/mol. The van der Waals surface area contributed by atoms with Gasteiger partial charge in [-0.05, 0) is 82.6 Å². The van der Waals surface area contributed by atoms with Crippen molar-refractivity contribution < 1.29 is 20.1 Å². The average Bonchev–Trinajstić information content (AvgIpc) is 2.93. The first-order valence-electron chi connectivity index (χ1n) is 11.1. The molecule has 0 bridgehead atoms. The third-order valence-electron chi connectivity index (χ3n) is 6.18. The lowest BCUT2D eigenvalue weighted by molar-refractivity contribution is -0.117. The summed E-state index contributed by atoms with van der Waals surface area (Å²) >= 11 is 0. The molecule has 4 heteroatoms. The molecule has 4 nitrogen and oxygen atoms in total. The van der Waals surface area contributed by atoms with Crippen molar-refractivity contribution in [2.24, 2.45) is 11.8 Å². The van der Waals surface area contributed by atoms with Crippen molar-refractivity contribution in [1.82, 2.24) is 0 Å². The molecule has 2 rings (SSSR count). The largest absolute Gasteiger partial charge is 0.393 e. The lowest BCUT2D eigenvalue weighted by atomic mass is 9.85. The molecular formula is C25H38O4. The Balaban J connectivity index is 1.75. The summed E-state index contributed by atoms with van der Waals surface area (Å²) < 4.78 is 0. The Morgan fingerprint density at radius 2 is 1.93 bits per heavy atom. The second-order valence-corrected chi connectivity index (χ2v) is 8.76. The predicted molar refractivity (Wildman–Crippen MR) is 117 cm³/mol. The number of unbranched alkanes of at least 4 members (excludes halogenated alkanes) is 1. The van der Waals surface area contributed by atoms with Crippen LogP contribution in [0.15, 0.2) is 36.4 Å². The summed E-state index contributed by atoms with van der Waals surface area (Å²) in [6, 6.07) is 8.37. The fourth-order valence-corrected chi connectivity index (χ4v) is 4.48. The van der Waals surface area contributed by atoms with Gasteiger partial charge in [-0.15, -0.1) is 0 Å². The highest BCUT2D eigenvalue weighted by molar-refractivity contribution is 5.75. The Morgan fingerprint density at radius 1 is 1.17 bits per heavy atom. The van der Waals surface area contributed by atoms with Gasteiger partial charge < -0.3 is 20.1 Å². The average molecular weight is 403 g/mol. The van der Waals surface area contributed by atoms with Gasteiger partial charge in [0.25, 0.3) is 0 Å². The van der Waals surface area contributed by atoms with Crippen molar-refractivity contribution in [3.63, 3.8) is 0 Å². The minimum atomic E-state index is -0.495. The molecule has 0 amide bonds. The third kappa shape index (κ3) is 8.41. The minimum Gasteiger partial charge on any atom is -0.393 e. The van der Waals surface area contributed by atoms with E-state index >= 15 is 0 Å². The molecule has 5 atom stereocenters. The number of aryl methyl sites for hydroxylation is 2. The summed E-state index contributed by atoms with van der Waals surface area (Å²) in [7, 11) is 0. The van der Waals surface area contributed by atoms with Crippen LogP contribution >= 0.6 is 0 Å². The normalized spacial score (nSPS) is 25.6. The molecule has 1 aliphatic rings. The Hall–Kier alpha value is -1.49. The number of carbonyl (C=O) groups is 1. The number of aliphatic hydroxyl groups excluding tert-OH is 3. The number of allylic oxidation sites excluding steroid dienone is 2. The molecule has 0 radical (unpaired) electrons. The number of hydrogen-bond donors (Lipinski definition) is 3. The number of rotatable bonds is 12. The molecule has 3 N–H and O–H groups in total. The van der Waals surface area contributed by atoms with Crippen LogP contribution in [-0.2, 0) is 11.2 Å². The zero-order valence-corrected chi connectivity index (χ0v) is 18.0. The van der Waals surface area contributed by atoms with E-state index in [1.54, 1.807) is 6.92 Å². The molecule has 0 saturated heterocycles. The Morgan fingerprint density at radius 3 is 2.66 bits per heavy atom. The second-order valence-electron chi connectivity index (χ2n) is 8.76. The van der Waals surface area contributed by atoms with E-state index in [2.05, 4.69) is 37.3 Å². The summed E-state index contributed by atoms with van der Waals surface area (Å²) in [4.78, 5) is 11.0. The van der Waals surface area contributed by atoms with Gasteiger partial charge in [0.05, 0.1) is 18.3 Å². The van der Waals surface area contributed by atoms with Crippen LogP contribution in [0.5, 0.6) is 0 Å². The van der Waals surface area contributed by atoms with E-state index in [4.69, 9.17) is 0 Å². The van der Waals surface area contributed by atoms with Gasteiger partial charge in [-0.2, -0.15) is 0 Å². The van der Waals surface area contributed by atoms with Crippen LogP contribution in [0.4, 0.5) is 0 Å².